The van der Waals surface area contributed by atoms with E-state index in [9.17, 15) is 9.59 Å². The summed E-state index contributed by atoms with van der Waals surface area (Å²) < 4.78 is 3.98. The maximum absolute atomic E-state index is 10.7. The molecule has 0 unspecified atom stereocenters. The Morgan fingerprint density at radius 3 is 1.39 bits per heavy atom. The summed E-state index contributed by atoms with van der Waals surface area (Å²) in [4.78, 5) is 21.0. The van der Waals surface area contributed by atoms with Crippen LogP contribution in [0, 0.1) is 0 Å². The fourth-order valence-corrected chi connectivity index (χ4v) is 12.4. The summed E-state index contributed by atoms with van der Waals surface area (Å²) >= 11 is -1.56. The summed E-state index contributed by atoms with van der Waals surface area (Å²) in [6.45, 7) is 2.14. The summed E-state index contributed by atoms with van der Waals surface area (Å²) in [5.41, 5.74) is 4.54. The minimum absolute atomic E-state index is 0.0111. The summed E-state index contributed by atoms with van der Waals surface area (Å²) in [7, 11) is 0. The molecule has 0 bridgehead atoms. The van der Waals surface area contributed by atoms with E-state index in [2.05, 4.69) is 97.9 Å². The van der Waals surface area contributed by atoms with Crippen molar-refractivity contribution in [3.8, 4) is 0 Å². The summed E-state index contributed by atoms with van der Waals surface area (Å²) in [6, 6.07) is 33.1. The van der Waals surface area contributed by atoms with Gasteiger partial charge in [-0.25, -0.2) is 9.59 Å². The number of carbonyl (C=O) groups is 2. The molecular weight excluding hydrogens is 579 g/mol. The van der Waals surface area contributed by atoms with Crippen LogP contribution in [-0.2, 0) is 22.9 Å². The fourth-order valence-electron chi connectivity index (χ4n) is 4.33. The second-order valence-corrected chi connectivity index (χ2v) is 16.9. The molecule has 201 valence electrons. The van der Waals surface area contributed by atoms with Gasteiger partial charge in [0.2, 0.25) is 0 Å². The van der Waals surface area contributed by atoms with E-state index in [1.807, 2.05) is 0 Å². The van der Waals surface area contributed by atoms with E-state index in [-0.39, 0.29) is 5.57 Å². The molecule has 0 aromatic heterocycles. The van der Waals surface area contributed by atoms with E-state index >= 15 is 0 Å². The van der Waals surface area contributed by atoms with Gasteiger partial charge in [0.25, 0.3) is 0 Å². The van der Waals surface area contributed by atoms with E-state index in [0.29, 0.717) is 6.42 Å². The third kappa shape index (κ3) is 14.2. The number of aliphatic carboxylic acids is 2. The minimum atomic E-state index is -1.56. The van der Waals surface area contributed by atoms with Crippen LogP contribution in [0.5, 0.6) is 0 Å². The van der Waals surface area contributed by atoms with Gasteiger partial charge in [-0.2, -0.15) is 0 Å². The zero-order valence-electron chi connectivity index (χ0n) is 22.5. The van der Waals surface area contributed by atoms with Gasteiger partial charge in [0.1, 0.15) is 0 Å². The van der Waals surface area contributed by atoms with Gasteiger partial charge in [-0.15, -0.1) is 0 Å². The molecule has 3 aromatic rings. The molecule has 5 heteroatoms. The number of unbranched alkanes of at least 4 members (excludes halogenated alkanes) is 5. The maximum atomic E-state index is 10.7. The van der Waals surface area contributed by atoms with Gasteiger partial charge >= 0.3 is 153 Å². The van der Waals surface area contributed by atoms with Crippen LogP contribution in [0.3, 0.4) is 0 Å². The predicted octanol–water partition coefficient (Wildman–Crippen LogP) is 7.66. The van der Waals surface area contributed by atoms with Crippen LogP contribution in [0.4, 0.5) is 0 Å². The van der Waals surface area contributed by atoms with Crippen molar-refractivity contribution in [3.63, 3.8) is 0 Å². The standard InChI is InChI=1S/C12H20O4.3C7H7.Sn/c1-2-3-4-5-6-7-8-10(12(15)16)9-11(13)14;3*1-7-5-3-2-4-6-7;/h9H,2-8H2,1H3,(H,13,14)(H,15,16);3*2-6H,1H2;. The van der Waals surface area contributed by atoms with Crippen LogP contribution in [0.1, 0.15) is 68.6 Å². The molecular formula is C33H41O4Sn. The molecule has 0 aliphatic rings. The first-order valence-electron chi connectivity index (χ1n) is 13.6. The zero-order valence-corrected chi connectivity index (χ0v) is 25.4. The Morgan fingerprint density at radius 1 is 0.632 bits per heavy atom. The van der Waals surface area contributed by atoms with E-state index in [0.717, 1.165) is 25.3 Å². The van der Waals surface area contributed by atoms with Crippen molar-refractivity contribution in [1.29, 1.82) is 0 Å². The first-order valence-corrected chi connectivity index (χ1v) is 19.7. The van der Waals surface area contributed by atoms with E-state index in [1.165, 1.54) is 49.3 Å². The monoisotopic (exact) mass is 621 g/mol. The first kappa shape index (κ1) is 31.4. The van der Waals surface area contributed by atoms with Crippen molar-refractivity contribution >= 4 is 31.7 Å². The van der Waals surface area contributed by atoms with Crippen LogP contribution in [0.25, 0.3) is 0 Å². The molecule has 0 aliphatic carbocycles. The average Bonchev–Trinajstić information content (AvgIpc) is 2.92. The van der Waals surface area contributed by atoms with Gasteiger partial charge < -0.3 is 10.2 Å². The summed E-state index contributed by atoms with van der Waals surface area (Å²) in [5.74, 6) is -2.32. The Kier molecular flexibility index (Phi) is 15.9. The quantitative estimate of drug-likeness (QED) is 0.104. The van der Waals surface area contributed by atoms with Crippen LogP contribution >= 0.6 is 0 Å². The third-order valence-electron chi connectivity index (χ3n) is 6.26. The van der Waals surface area contributed by atoms with E-state index in [4.69, 9.17) is 10.2 Å². The van der Waals surface area contributed by atoms with Gasteiger partial charge in [-0.3, -0.25) is 0 Å². The topological polar surface area (TPSA) is 74.6 Å². The fraction of sp³-hybridized carbons (Fsp3) is 0.333. The molecule has 0 spiro atoms. The third-order valence-corrected chi connectivity index (χ3v) is 14.0. The number of benzene rings is 3. The predicted molar refractivity (Wildman–Crippen MR) is 158 cm³/mol. The number of carboxylic acid groups (broad SMARTS) is 2. The van der Waals surface area contributed by atoms with Crippen molar-refractivity contribution < 1.29 is 19.8 Å². The van der Waals surface area contributed by atoms with Crippen molar-refractivity contribution in [2.75, 3.05) is 0 Å². The molecule has 0 heterocycles. The van der Waals surface area contributed by atoms with Crippen molar-refractivity contribution in [2.24, 2.45) is 0 Å². The second kappa shape index (κ2) is 19.2. The Balaban J connectivity index is 0.000000284. The second-order valence-electron chi connectivity index (χ2n) is 9.57. The normalized spacial score (nSPS) is 11.1. The Morgan fingerprint density at radius 2 is 1.03 bits per heavy atom. The van der Waals surface area contributed by atoms with Crippen LogP contribution in [0.15, 0.2) is 103 Å². The molecule has 3 aromatic carbocycles. The van der Waals surface area contributed by atoms with Crippen molar-refractivity contribution in [2.45, 2.75) is 65.2 Å². The molecule has 0 fully saturated rings. The van der Waals surface area contributed by atoms with E-state index in [1.54, 1.807) is 0 Å². The number of hydrogen-bond acceptors (Lipinski definition) is 2. The summed E-state index contributed by atoms with van der Waals surface area (Å²) in [6.07, 6.45) is 7.48. The molecule has 0 saturated carbocycles. The SMILES string of the molecule is CCCCCCCCC(=CC(=O)O)C(=O)O.c1ccc([CH2][Sn]([CH2]c2ccccc2)[CH2]c2ccccc2)cc1. The first-order chi connectivity index (χ1) is 18.5. The van der Waals surface area contributed by atoms with Crippen molar-refractivity contribution in [1.82, 2.24) is 0 Å². The molecule has 0 saturated heterocycles. The van der Waals surface area contributed by atoms with Gasteiger partial charge in [0, 0.05) is 11.6 Å². The van der Waals surface area contributed by atoms with E-state index < -0.39 is 31.7 Å². The summed E-state index contributed by atoms with van der Waals surface area (Å²) in [5, 5.41) is 17.2. The Labute approximate surface area is 235 Å². The number of hydrogen-bond donors (Lipinski definition) is 2. The molecule has 38 heavy (non-hydrogen) atoms. The molecule has 0 atom stereocenters. The number of carboxylic acids is 2. The average molecular weight is 620 g/mol. The molecule has 0 aliphatic heterocycles. The number of rotatable bonds is 15. The van der Waals surface area contributed by atoms with Crippen LogP contribution < -0.4 is 0 Å². The molecule has 1 radical (unpaired) electrons. The molecule has 3 rings (SSSR count). The van der Waals surface area contributed by atoms with Crippen LogP contribution in [-0.4, -0.2) is 41.9 Å². The Hall–Kier alpha value is -2.86. The van der Waals surface area contributed by atoms with Gasteiger partial charge in [0.15, 0.2) is 0 Å². The van der Waals surface area contributed by atoms with Crippen molar-refractivity contribution in [3.05, 3.63) is 119 Å². The van der Waals surface area contributed by atoms with Crippen LogP contribution in [0.2, 0.25) is 0 Å². The Bertz CT molecular complexity index is 983. The molecule has 4 nitrogen and oxygen atoms in total. The van der Waals surface area contributed by atoms with Gasteiger partial charge in [-0.1, -0.05) is 39.0 Å². The van der Waals surface area contributed by atoms with Gasteiger partial charge in [-0.05, 0) is 12.8 Å². The zero-order chi connectivity index (χ0) is 27.4. The molecule has 0 amide bonds. The molecule has 2 N–H and O–H groups in total. The van der Waals surface area contributed by atoms with Gasteiger partial charge in [0.05, 0.1) is 0 Å².